The molecule has 5 rings (SSSR count). The van der Waals surface area contributed by atoms with Crippen LogP contribution in [0, 0.1) is 52.3 Å². The van der Waals surface area contributed by atoms with Gasteiger partial charge in [0.1, 0.15) is 24.4 Å². The molecule has 0 radical (unpaired) electrons. The predicted octanol–water partition coefficient (Wildman–Crippen LogP) is 6.24. The third kappa shape index (κ3) is 5.91. The molecule has 0 aromatic heterocycles. The molecule has 4 fully saturated rings. The van der Waals surface area contributed by atoms with Crippen molar-refractivity contribution in [2.75, 3.05) is 6.61 Å². The lowest BCUT2D eigenvalue weighted by Gasteiger charge is -2.62. The molecule has 6 nitrogen and oxygen atoms in total. The van der Waals surface area contributed by atoms with Crippen LogP contribution >= 0.6 is 0 Å². The molecule has 0 aromatic rings. The fourth-order valence-electron chi connectivity index (χ4n) is 11.0. The zero-order valence-corrected chi connectivity index (χ0v) is 27.4. The largest absolute Gasteiger partial charge is 0.394 e. The minimum absolute atomic E-state index is 0.103. The standard InChI is InChI=1S/C36H62O6/c1-7-23(21(2)3)12-11-22(4)27-9-8-10-28-26-14-13-24-19-25(15-17-35(24,5)29(26)16-18-36(27,28)6)41-34-33(40)32(39)31(38)30(20-37)42-34/h13,21-23,25-34,37-40H,7-12,14-20H2,1-6H3/t22-,23-,25+,26+,27-,28+,29+,30-,31-,32+,33-,34-,35+,36-/m1/s1. The highest BCUT2D eigenvalue weighted by atomic mass is 16.7. The van der Waals surface area contributed by atoms with Crippen molar-refractivity contribution in [3.05, 3.63) is 11.6 Å². The van der Waals surface area contributed by atoms with Gasteiger partial charge in [-0.25, -0.2) is 0 Å². The number of aliphatic hydroxyl groups excluding tert-OH is 4. The molecule has 0 unspecified atom stereocenters. The Kier molecular flexibility index (Phi) is 10.2. The van der Waals surface area contributed by atoms with Gasteiger partial charge in [-0.1, -0.05) is 72.5 Å². The number of hydrogen-bond donors (Lipinski definition) is 4. The lowest BCUT2D eigenvalue weighted by Crippen LogP contribution is -2.60. The molecule has 4 N–H and O–H groups in total. The summed E-state index contributed by atoms with van der Waals surface area (Å²) in [5.41, 5.74) is 2.17. The predicted molar refractivity (Wildman–Crippen MR) is 165 cm³/mol. The highest BCUT2D eigenvalue weighted by molar-refractivity contribution is 5.25. The Morgan fingerprint density at radius 1 is 0.952 bits per heavy atom. The van der Waals surface area contributed by atoms with Gasteiger partial charge in [-0.15, -0.1) is 0 Å². The van der Waals surface area contributed by atoms with Crippen LogP contribution in [-0.4, -0.2) is 63.8 Å². The molecule has 3 saturated carbocycles. The molecule has 1 heterocycles. The van der Waals surface area contributed by atoms with E-state index < -0.39 is 37.3 Å². The maximum Gasteiger partial charge on any atom is 0.186 e. The van der Waals surface area contributed by atoms with Gasteiger partial charge in [-0.2, -0.15) is 0 Å². The lowest BCUT2D eigenvalue weighted by molar-refractivity contribution is -0.313. The van der Waals surface area contributed by atoms with Gasteiger partial charge >= 0.3 is 0 Å². The molecule has 42 heavy (non-hydrogen) atoms. The number of fused-ring (bicyclic) bond motifs is 5. The first-order chi connectivity index (χ1) is 19.9. The van der Waals surface area contributed by atoms with Crippen molar-refractivity contribution in [1.82, 2.24) is 0 Å². The van der Waals surface area contributed by atoms with Gasteiger partial charge in [0, 0.05) is 0 Å². The van der Waals surface area contributed by atoms with E-state index in [1.807, 2.05) is 0 Å². The maximum absolute atomic E-state index is 10.5. The minimum Gasteiger partial charge on any atom is -0.394 e. The van der Waals surface area contributed by atoms with Crippen LogP contribution in [0.2, 0.25) is 0 Å². The third-order valence-electron chi connectivity index (χ3n) is 13.7. The Labute approximate surface area is 255 Å². The Bertz CT molecular complexity index is 934. The van der Waals surface area contributed by atoms with Crippen LogP contribution in [0.25, 0.3) is 0 Å². The topological polar surface area (TPSA) is 99.4 Å². The van der Waals surface area contributed by atoms with E-state index in [2.05, 4.69) is 47.6 Å². The molecule has 0 amide bonds. The first-order valence-electron chi connectivity index (χ1n) is 17.6. The summed E-state index contributed by atoms with van der Waals surface area (Å²) >= 11 is 0. The van der Waals surface area contributed by atoms with Gasteiger partial charge in [-0.05, 0) is 110 Å². The number of allylic oxidation sites excluding steroid dienone is 1. The van der Waals surface area contributed by atoms with Crippen LogP contribution in [0.15, 0.2) is 11.6 Å². The van der Waals surface area contributed by atoms with E-state index >= 15 is 0 Å². The highest BCUT2D eigenvalue weighted by Gasteiger charge is 2.58. The summed E-state index contributed by atoms with van der Waals surface area (Å²) in [4.78, 5) is 0. The molecule has 0 spiro atoms. The highest BCUT2D eigenvalue weighted by Crippen LogP contribution is 2.66. The second-order valence-corrected chi connectivity index (χ2v) is 16.0. The Morgan fingerprint density at radius 3 is 2.40 bits per heavy atom. The van der Waals surface area contributed by atoms with Gasteiger partial charge in [-0.3, -0.25) is 0 Å². The summed E-state index contributed by atoms with van der Waals surface area (Å²) in [5, 5.41) is 40.5. The normalized spacial score (nSPS) is 47.2. The first kappa shape index (κ1) is 32.9. The Morgan fingerprint density at radius 2 is 1.71 bits per heavy atom. The average molecular weight is 591 g/mol. The first-order valence-corrected chi connectivity index (χ1v) is 17.6. The van der Waals surface area contributed by atoms with Crippen molar-refractivity contribution in [1.29, 1.82) is 0 Å². The Balaban J connectivity index is 1.26. The fourth-order valence-corrected chi connectivity index (χ4v) is 11.0. The van der Waals surface area contributed by atoms with E-state index in [-0.39, 0.29) is 11.5 Å². The summed E-state index contributed by atoms with van der Waals surface area (Å²) in [6.45, 7) is 14.5. The number of rotatable bonds is 9. The van der Waals surface area contributed by atoms with Gasteiger partial charge in [0.25, 0.3) is 0 Å². The zero-order chi connectivity index (χ0) is 30.4. The fraction of sp³-hybridized carbons (Fsp3) is 0.944. The number of ether oxygens (including phenoxy) is 2. The van der Waals surface area contributed by atoms with Crippen LogP contribution in [0.5, 0.6) is 0 Å². The second kappa shape index (κ2) is 13.1. The molecule has 242 valence electrons. The molecule has 1 saturated heterocycles. The van der Waals surface area contributed by atoms with Crippen molar-refractivity contribution in [2.45, 2.75) is 155 Å². The SMILES string of the molecule is CC[C@H](CC[C@@H](C)[C@H]1CCC[C@H]2[C@@H]3CC=C4C[C@@H](O[C@@H]5O[C@H](CO)[C@@H](O)[C@H](O)[C@H]5O)CC[C@]4(C)[C@H]3CC[C@]12C)C(C)C. The molecular weight excluding hydrogens is 528 g/mol. The third-order valence-corrected chi connectivity index (χ3v) is 13.7. The molecule has 14 atom stereocenters. The smallest absolute Gasteiger partial charge is 0.186 e. The van der Waals surface area contributed by atoms with E-state index in [1.165, 1.54) is 63.4 Å². The van der Waals surface area contributed by atoms with Crippen molar-refractivity contribution in [2.24, 2.45) is 52.3 Å². The van der Waals surface area contributed by atoms with Crippen LogP contribution in [0.1, 0.15) is 119 Å². The minimum atomic E-state index is -1.40. The second-order valence-electron chi connectivity index (χ2n) is 16.0. The summed E-state index contributed by atoms with van der Waals surface area (Å²) < 4.78 is 11.9. The van der Waals surface area contributed by atoms with Crippen molar-refractivity contribution >= 4 is 0 Å². The summed E-state index contributed by atoms with van der Waals surface area (Å²) in [5.74, 6) is 5.62. The van der Waals surface area contributed by atoms with Crippen LogP contribution in [0.4, 0.5) is 0 Å². The lowest BCUT2D eigenvalue weighted by atomic mass is 9.42. The monoisotopic (exact) mass is 590 g/mol. The van der Waals surface area contributed by atoms with Gasteiger partial charge < -0.3 is 29.9 Å². The van der Waals surface area contributed by atoms with Gasteiger partial charge in [0.05, 0.1) is 12.7 Å². The summed E-state index contributed by atoms with van der Waals surface area (Å²) in [6, 6.07) is 0. The van der Waals surface area contributed by atoms with E-state index in [1.54, 1.807) is 0 Å². The number of hydrogen-bond acceptors (Lipinski definition) is 6. The van der Waals surface area contributed by atoms with Crippen LogP contribution in [-0.2, 0) is 9.47 Å². The molecule has 1 aliphatic heterocycles. The van der Waals surface area contributed by atoms with E-state index in [0.29, 0.717) is 5.41 Å². The molecule has 5 aliphatic rings. The van der Waals surface area contributed by atoms with Crippen molar-refractivity contribution < 1.29 is 29.9 Å². The van der Waals surface area contributed by atoms with Crippen molar-refractivity contribution in [3.63, 3.8) is 0 Å². The maximum atomic E-state index is 10.5. The summed E-state index contributed by atoms with van der Waals surface area (Å²) in [7, 11) is 0. The van der Waals surface area contributed by atoms with E-state index in [9.17, 15) is 20.4 Å². The van der Waals surface area contributed by atoms with Crippen molar-refractivity contribution in [3.8, 4) is 0 Å². The molecule has 6 heteroatoms. The molecule has 0 aromatic carbocycles. The van der Waals surface area contributed by atoms with Gasteiger partial charge in [0.2, 0.25) is 0 Å². The summed E-state index contributed by atoms with van der Waals surface area (Å²) in [6.07, 6.45) is 11.3. The van der Waals surface area contributed by atoms with E-state index in [4.69, 9.17) is 9.47 Å². The zero-order valence-electron chi connectivity index (χ0n) is 27.4. The van der Waals surface area contributed by atoms with Crippen LogP contribution < -0.4 is 0 Å². The van der Waals surface area contributed by atoms with Crippen LogP contribution in [0.3, 0.4) is 0 Å². The average Bonchev–Trinajstić information content (AvgIpc) is 2.96. The molecule has 4 aliphatic carbocycles. The van der Waals surface area contributed by atoms with E-state index in [0.717, 1.165) is 60.7 Å². The Hall–Kier alpha value is -0.500. The van der Waals surface area contributed by atoms with Gasteiger partial charge in [0.15, 0.2) is 6.29 Å². The molecular formula is C36H62O6. The quantitative estimate of drug-likeness (QED) is 0.237. The number of aliphatic hydroxyl groups is 4. The molecule has 0 bridgehead atoms.